The first kappa shape index (κ1) is 20.0. The van der Waals surface area contributed by atoms with Crippen molar-refractivity contribution in [2.24, 2.45) is 0 Å². The SMILES string of the molecule is Cc1c(NC2CCN(Cc3ccc(F)cc3)C2=O)nn2c(C(F)(F)F)nnc2c1C. The zero-order valence-corrected chi connectivity index (χ0v) is 16.2. The molecule has 2 aromatic heterocycles. The molecule has 7 nitrogen and oxygen atoms in total. The van der Waals surface area contributed by atoms with Gasteiger partial charge < -0.3 is 10.2 Å². The van der Waals surface area contributed by atoms with Crippen molar-refractivity contribution in [3.63, 3.8) is 0 Å². The molecule has 1 fully saturated rings. The second kappa shape index (κ2) is 7.22. The van der Waals surface area contributed by atoms with E-state index in [9.17, 15) is 22.4 Å². The topological polar surface area (TPSA) is 75.4 Å². The van der Waals surface area contributed by atoms with Gasteiger partial charge in [-0.15, -0.1) is 15.3 Å². The third kappa shape index (κ3) is 3.55. The fourth-order valence-electron chi connectivity index (χ4n) is 3.45. The zero-order valence-electron chi connectivity index (χ0n) is 16.2. The van der Waals surface area contributed by atoms with E-state index in [1.165, 1.54) is 12.1 Å². The maximum atomic E-state index is 13.2. The molecule has 1 aromatic carbocycles. The smallest absolute Gasteiger partial charge is 0.357 e. The lowest BCUT2D eigenvalue weighted by atomic mass is 10.1. The van der Waals surface area contributed by atoms with Gasteiger partial charge in [-0.25, -0.2) is 4.39 Å². The lowest BCUT2D eigenvalue weighted by molar-refractivity contribution is -0.146. The molecule has 0 saturated carbocycles. The van der Waals surface area contributed by atoms with Crippen molar-refractivity contribution in [2.45, 2.75) is 39.0 Å². The molecule has 11 heteroatoms. The highest BCUT2D eigenvalue weighted by Gasteiger charge is 2.38. The summed E-state index contributed by atoms with van der Waals surface area (Å²) in [5, 5.41) is 13.8. The van der Waals surface area contributed by atoms with Crippen molar-refractivity contribution in [1.82, 2.24) is 24.7 Å². The number of aromatic nitrogens is 4. The predicted molar refractivity (Wildman–Crippen MR) is 99.1 cm³/mol. The van der Waals surface area contributed by atoms with Crippen molar-refractivity contribution in [3.8, 4) is 0 Å². The quantitative estimate of drug-likeness (QED) is 0.654. The first-order valence-electron chi connectivity index (χ1n) is 9.24. The number of fused-ring (bicyclic) bond motifs is 1. The molecule has 4 rings (SSSR count). The fraction of sp³-hybridized carbons (Fsp3) is 0.368. The molecule has 158 valence electrons. The number of carbonyl (C=O) groups excluding carboxylic acids is 1. The number of halogens is 4. The van der Waals surface area contributed by atoms with Gasteiger partial charge >= 0.3 is 6.18 Å². The molecule has 3 heterocycles. The molecule has 0 spiro atoms. The van der Waals surface area contributed by atoms with E-state index in [4.69, 9.17) is 0 Å². The second-order valence-corrected chi connectivity index (χ2v) is 7.23. The van der Waals surface area contributed by atoms with E-state index in [1.807, 2.05) is 0 Å². The average molecular weight is 422 g/mol. The van der Waals surface area contributed by atoms with Crippen LogP contribution in [0.3, 0.4) is 0 Å². The molecule has 1 aliphatic heterocycles. The lowest BCUT2D eigenvalue weighted by Crippen LogP contribution is -2.33. The number of hydrogen-bond donors (Lipinski definition) is 1. The lowest BCUT2D eigenvalue weighted by Gasteiger charge is -2.19. The van der Waals surface area contributed by atoms with E-state index in [0.717, 1.165) is 5.56 Å². The normalized spacial score (nSPS) is 17.2. The molecule has 0 aliphatic carbocycles. The summed E-state index contributed by atoms with van der Waals surface area (Å²) in [5.41, 5.74) is 1.88. The Hall–Kier alpha value is -3.24. The Kier molecular flexibility index (Phi) is 4.83. The second-order valence-electron chi connectivity index (χ2n) is 7.23. The molecule has 1 atom stereocenters. The third-order valence-corrected chi connectivity index (χ3v) is 5.24. The first-order chi connectivity index (χ1) is 14.1. The van der Waals surface area contributed by atoms with Crippen LogP contribution < -0.4 is 5.32 Å². The van der Waals surface area contributed by atoms with Crippen LogP contribution in [0.5, 0.6) is 0 Å². The van der Waals surface area contributed by atoms with Crippen molar-refractivity contribution >= 4 is 17.4 Å². The number of hydrogen-bond acceptors (Lipinski definition) is 5. The van der Waals surface area contributed by atoms with Gasteiger partial charge in [-0.1, -0.05) is 12.1 Å². The van der Waals surface area contributed by atoms with Crippen LogP contribution in [0.4, 0.5) is 23.4 Å². The summed E-state index contributed by atoms with van der Waals surface area (Å²) in [5.74, 6) is -1.60. The molecule has 30 heavy (non-hydrogen) atoms. The van der Waals surface area contributed by atoms with Gasteiger partial charge in [0, 0.05) is 18.7 Å². The number of nitrogens with one attached hydrogen (secondary N) is 1. The summed E-state index contributed by atoms with van der Waals surface area (Å²) in [6, 6.07) is 5.25. The van der Waals surface area contributed by atoms with E-state index in [-0.39, 0.29) is 23.2 Å². The highest BCUT2D eigenvalue weighted by molar-refractivity contribution is 5.86. The van der Waals surface area contributed by atoms with Crippen LogP contribution in [-0.2, 0) is 17.5 Å². The number of carbonyl (C=O) groups is 1. The summed E-state index contributed by atoms with van der Waals surface area (Å²) in [4.78, 5) is 14.4. The molecule has 1 aliphatic rings. The monoisotopic (exact) mass is 422 g/mol. The molecular weight excluding hydrogens is 404 g/mol. The molecular formula is C19H18F4N6O. The Morgan fingerprint density at radius 1 is 1.13 bits per heavy atom. The Balaban J connectivity index is 1.57. The number of rotatable bonds is 4. The fourth-order valence-corrected chi connectivity index (χ4v) is 3.45. The summed E-state index contributed by atoms with van der Waals surface area (Å²) in [6.45, 7) is 4.12. The van der Waals surface area contributed by atoms with Gasteiger partial charge in [0.1, 0.15) is 11.9 Å². The van der Waals surface area contributed by atoms with Gasteiger partial charge in [0.05, 0.1) is 0 Å². The standard InChI is InChI=1S/C19H18F4N6O/c1-10-11(2)16-25-26-18(19(21,22)23)29(16)27-15(10)24-14-7-8-28(17(14)30)9-12-3-5-13(20)6-4-12/h3-6,14H,7-9H2,1-2H3,(H,24,27). The maximum absolute atomic E-state index is 13.2. The first-order valence-corrected chi connectivity index (χ1v) is 9.24. The zero-order chi connectivity index (χ0) is 21.6. The number of anilines is 1. The molecule has 1 N–H and O–H groups in total. The highest BCUT2D eigenvalue weighted by atomic mass is 19.4. The molecule has 1 amide bonds. The van der Waals surface area contributed by atoms with Crippen LogP contribution in [0, 0.1) is 19.7 Å². The Morgan fingerprint density at radius 3 is 2.50 bits per heavy atom. The van der Waals surface area contributed by atoms with Crippen LogP contribution in [0.25, 0.3) is 5.65 Å². The van der Waals surface area contributed by atoms with E-state index >= 15 is 0 Å². The van der Waals surface area contributed by atoms with Gasteiger partial charge in [0.25, 0.3) is 5.82 Å². The highest BCUT2D eigenvalue weighted by Crippen LogP contribution is 2.30. The largest absolute Gasteiger partial charge is 0.453 e. The van der Waals surface area contributed by atoms with Gasteiger partial charge in [-0.3, -0.25) is 4.79 Å². The van der Waals surface area contributed by atoms with Gasteiger partial charge in [-0.2, -0.15) is 17.7 Å². The number of benzene rings is 1. The van der Waals surface area contributed by atoms with Crippen molar-refractivity contribution in [3.05, 3.63) is 52.6 Å². The summed E-state index contributed by atoms with van der Waals surface area (Å²) < 4.78 is 53.3. The van der Waals surface area contributed by atoms with Gasteiger partial charge in [0.15, 0.2) is 11.5 Å². The van der Waals surface area contributed by atoms with Gasteiger partial charge in [-0.05, 0) is 43.5 Å². The van der Waals surface area contributed by atoms with E-state index in [2.05, 4.69) is 20.6 Å². The number of alkyl halides is 3. The number of nitrogens with zero attached hydrogens (tertiary/aromatic N) is 5. The number of aryl methyl sites for hydroxylation is 1. The van der Waals surface area contributed by atoms with Crippen LogP contribution in [-0.4, -0.2) is 43.2 Å². The predicted octanol–water partition coefficient (Wildman–Crippen LogP) is 3.11. The minimum absolute atomic E-state index is 0.0149. The minimum atomic E-state index is -4.71. The minimum Gasteiger partial charge on any atom is -0.357 e. The summed E-state index contributed by atoms with van der Waals surface area (Å²) >= 11 is 0. The van der Waals surface area contributed by atoms with E-state index in [0.29, 0.717) is 35.2 Å². The van der Waals surface area contributed by atoms with Crippen molar-refractivity contribution in [2.75, 3.05) is 11.9 Å². The summed E-state index contributed by atoms with van der Waals surface area (Å²) in [7, 11) is 0. The Bertz CT molecular complexity index is 1110. The van der Waals surface area contributed by atoms with Crippen LogP contribution in [0.2, 0.25) is 0 Å². The van der Waals surface area contributed by atoms with E-state index < -0.39 is 18.0 Å². The Morgan fingerprint density at radius 2 is 1.83 bits per heavy atom. The number of amides is 1. The maximum Gasteiger partial charge on any atom is 0.453 e. The number of likely N-dealkylation sites (tertiary alicyclic amines) is 1. The third-order valence-electron chi connectivity index (χ3n) is 5.24. The Labute approximate surface area is 168 Å². The van der Waals surface area contributed by atoms with Crippen molar-refractivity contribution in [1.29, 1.82) is 0 Å². The van der Waals surface area contributed by atoms with Crippen LogP contribution in [0.15, 0.2) is 24.3 Å². The average Bonchev–Trinajstić information content (AvgIpc) is 3.26. The van der Waals surface area contributed by atoms with Crippen molar-refractivity contribution < 1.29 is 22.4 Å². The molecule has 1 saturated heterocycles. The summed E-state index contributed by atoms with van der Waals surface area (Å²) in [6.07, 6.45) is -4.24. The van der Waals surface area contributed by atoms with Crippen LogP contribution in [0.1, 0.15) is 28.9 Å². The molecule has 0 radical (unpaired) electrons. The van der Waals surface area contributed by atoms with Crippen LogP contribution >= 0.6 is 0 Å². The molecule has 3 aromatic rings. The van der Waals surface area contributed by atoms with E-state index in [1.54, 1.807) is 30.9 Å². The molecule has 1 unspecified atom stereocenters. The molecule has 0 bridgehead atoms. The van der Waals surface area contributed by atoms with Gasteiger partial charge in [0.2, 0.25) is 5.91 Å².